The number of benzene rings is 2. The van der Waals surface area contributed by atoms with Gasteiger partial charge in [0.15, 0.2) is 0 Å². The van der Waals surface area contributed by atoms with Gasteiger partial charge in [-0.25, -0.2) is 8.78 Å². The van der Waals surface area contributed by atoms with Crippen LogP contribution in [0.2, 0.25) is 0 Å². The summed E-state index contributed by atoms with van der Waals surface area (Å²) in [5, 5.41) is 19.0. The van der Waals surface area contributed by atoms with Crippen LogP contribution in [-0.2, 0) is 11.5 Å². The van der Waals surface area contributed by atoms with E-state index in [1.807, 2.05) is 0 Å². The molecule has 4 nitrogen and oxygen atoms in total. The largest absolute Gasteiger partial charge is 0.456 e. The minimum Gasteiger partial charge on any atom is -0.456 e. The van der Waals surface area contributed by atoms with Crippen molar-refractivity contribution in [2.75, 3.05) is 0 Å². The Hall–Kier alpha value is -3.06. The Morgan fingerprint density at radius 3 is 2.46 bits per heavy atom. The van der Waals surface area contributed by atoms with Gasteiger partial charge in [0.05, 0.1) is 17.2 Å². The van der Waals surface area contributed by atoms with E-state index in [1.54, 1.807) is 6.07 Å². The number of alkyl halides is 5. The fourth-order valence-electron chi connectivity index (χ4n) is 3.55. The van der Waals surface area contributed by atoms with Crippen molar-refractivity contribution in [1.82, 2.24) is 0 Å². The molecule has 2 atom stereocenters. The number of hydrogen-bond donors (Lipinski definition) is 1. The topological polar surface area (TPSA) is 70.3 Å². The summed E-state index contributed by atoms with van der Waals surface area (Å²) in [6, 6.07) is 5.50. The highest BCUT2D eigenvalue weighted by Crippen LogP contribution is 2.66. The van der Waals surface area contributed by atoms with Crippen molar-refractivity contribution in [2.45, 2.75) is 23.6 Å². The van der Waals surface area contributed by atoms with Gasteiger partial charge >= 0.3 is 11.8 Å². The quantitative estimate of drug-likeness (QED) is 0.777. The Labute approximate surface area is 152 Å². The van der Waals surface area contributed by atoms with Gasteiger partial charge in [-0.3, -0.25) is 4.79 Å². The number of carbonyl (C=O) groups is 1. The summed E-state index contributed by atoms with van der Waals surface area (Å²) in [7, 11) is 0. The molecule has 0 fully saturated rings. The van der Waals surface area contributed by atoms with Crippen molar-refractivity contribution < 1.29 is 41.0 Å². The van der Waals surface area contributed by atoms with Crippen LogP contribution in [0.5, 0.6) is 11.5 Å². The predicted molar refractivity (Wildman–Crippen MR) is 79.6 cm³/mol. The molecule has 2 aliphatic rings. The second kappa shape index (κ2) is 5.26. The van der Waals surface area contributed by atoms with E-state index in [9.17, 15) is 36.2 Å². The number of hydrogen-bond acceptors (Lipinski definition) is 4. The Bertz CT molecular complexity index is 1090. The van der Waals surface area contributed by atoms with E-state index in [-0.39, 0.29) is 11.3 Å². The molecule has 0 spiro atoms. The summed E-state index contributed by atoms with van der Waals surface area (Å²) >= 11 is 0. The van der Waals surface area contributed by atoms with Crippen LogP contribution in [0.3, 0.4) is 0 Å². The lowest BCUT2D eigenvalue weighted by molar-refractivity contribution is -0.294. The molecule has 0 saturated carbocycles. The van der Waals surface area contributed by atoms with E-state index in [0.29, 0.717) is 6.07 Å². The highest BCUT2D eigenvalue weighted by atomic mass is 19.3. The number of halogens is 6. The minimum absolute atomic E-state index is 0.183. The maximum absolute atomic E-state index is 14.4. The zero-order chi connectivity index (χ0) is 20.6. The third-order valence-electron chi connectivity index (χ3n) is 4.83. The summed E-state index contributed by atoms with van der Waals surface area (Å²) in [5.41, 5.74) is -7.87. The van der Waals surface area contributed by atoms with Gasteiger partial charge in [0, 0.05) is 17.2 Å². The molecule has 0 saturated heterocycles. The Morgan fingerprint density at radius 2 is 1.82 bits per heavy atom. The SMILES string of the molecule is N#Cc1cc(F)cc(Oc2ccc3c4c2C(=O)[C@H](F)[C@]4(O)C(F)(F)C3(F)F)c1. The van der Waals surface area contributed by atoms with E-state index in [0.717, 1.165) is 24.3 Å². The third kappa shape index (κ3) is 1.91. The van der Waals surface area contributed by atoms with Gasteiger partial charge in [-0.15, -0.1) is 0 Å². The highest BCUT2D eigenvalue weighted by Gasteiger charge is 2.82. The molecule has 0 unspecified atom stereocenters. The lowest BCUT2D eigenvalue weighted by atomic mass is 9.93. The van der Waals surface area contributed by atoms with Gasteiger partial charge in [0.1, 0.15) is 17.3 Å². The minimum atomic E-state index is -5.28. The molecule has 0 aliphatic heterocycles. The van der Waals surface area contributed by atoms with Gasteiger partial charge in [-0.2, -0.15) is 22.8 Å². The molecule has 4 rings (SSSR count). The molecule has 2 aliphatic carbocycles. The van der Waals surface area contributed by atoms with Crippen molar-refractivity contribution >= 4 is 5.78 Å². The fraction of sp³-hybridized carbons (Fsp3) is 0.222. The van der Waals surface area contributed by atoms with E-state index < -0.39 is 57.7 Å². The zero-order valence-electron chi connectivity index (χ0n) is 13.4. The number of Topliss-reactive ketones (excluding diaryl/α,β-unsaturated/α-hetero) is 1. The molecule has 2 aromatic rings. The zero-order valence-corrected chi connectivity index (χ0v) is 13.4. The Kier molecular flexibility index (Phi) is 3.44. The molecule has 0 aromatic heterocycles. The van der Waals surface area contributed by atoms with Gasteiger partial charge in [-0.05, 0) is 24.3 Å². The van der Waals surface area contributed by atoms with Crippen LogP contribution in [0.15, 0.2) is 30.3 Å². The molecule has 2 aromatic carbocycles. The normalized spacial score (nSPS) is 26.1. The van der Waals surface area contributed by atoms with Crippen molar-refractivity contribution in [3.63, 3.8) is 0 Å². The van der Waals surface area contributed by atoms with Crippen molar-refractivity contribution in [1.29, 1.82) is 5.26 Å². The Morgan fingerprint density at radius 1 is 1.14 bits per heavy atom. The molecule has 28 heavy (non-hydrogen) atoms. The van der Waals surface area contributed by atoms with E-state index >= 15 is 0 Å². The first-order valence-electron chi connectivity index (χ1n) is 7.69. The van der Waals surface area contributed by atoms with Gasteiger partial charge in [-0.1, -0.05) is 0 Å². The number of nitrogens with zero attached hydrogens (tertiary/aromatic N) is 1. The van der Waals surface area contributed by atoms with Crippen LogP contribution in [0.4, 0.5) is 26.3 Å². The fourth-order valence-corrected chi connectivity index (χ4v) is 3.55. The summed E-state index contributed by atoms with van der Waals surface area (Å²) in [4.78, 5) is 12.2. The first-order valence-corrected chi connectivity index (χ1v) is 7.69. The maximum Gasteiger partial charge on any atom is 0.350 e. The van der Waals surface area contributed by atoms with Crippen LogP contribution in [0.1, 0.15) is 27.0 Å². The molecule has 144 valence electrons. The highest BCUT2D eigenvalue weighted by molar-refractivity contribution is 6.09. The molecule has 0 bridgehead atoms. The number of aliphatic hydroxyl groups is 1. The van der Waals surface area contributed by atoms with Crippen LogP contribution in [0, 0.1) is 17.1 Å². The number of carbonyl (C=O) groups excluding carboxylic acids is 1. The molecular formula is C18H7F6NO3. The summed E-state index contributed by atoms with van der Waals surface area (Å²) in [5.74, 6) is -13.8. The first kappa shape index (κ1) is 18.3. The second-order valence-corrected chi connectivity index (χ2v) is 6.39. The number of ether oxygens (including phenoxy) is 1. The van der Waals surface area contributed by atoms with Gasteiger partial charge in [0.2, 0.25) is 17.6 Å². The maximum atomic E-state index is 14.4. The van der Waals surface area contributed by atoms with Crippen molar-refractivity contribution in [2.24, 2.45) is 0 Å². The lowest BCUT2D eigenvalue weighted by Crippen LogP contribution is -2.53. The summed E-state index contributed by atoms with van der Waals surface area (Å²) in [6.07, 6.45) is -3.35. The Balaban J connectivity index is 1.93. The molecule has 1 N–H and O–H groups in total. The van der Waals surface area contributed by atoms with Crippen LogP contribution >= 0.6 is 0 Å². The standard InChI is InChI=1S/C18H7F6NO3/c19-8-3-7(6-25)4-9(5-8)28-11-2-1-10-13-12(11)14(26)15(20)16(13,27)18(23,24)17(10,21)22/h1-5,15,27H/t15-,16-/m0/s1. The first-order chi connectivity index (χ1) is 13.0. The number of ketones is 1. The molecular weight excluding hydrogens is 392 g/mol. The van der Waals surface area contributed by atoms with Crippen LogP contribution in [0.25, 0.3) is 0 Å². The monoisotopic (exact) mass is 399 g/mol. The number of rotatable bonds is 2. The van der Waals surface area contributed by atoms with Gasteiger partial charge in [0.25, 0.3) is 0 Å². The number of nitriles is 1. The van der Waals surface area contributed by atoms with Crippen molar-refractivity contribution in [3.05, 3.63) is 58.4 Å². The van der Waals surface area contributed by atoms with Crippen LogP contribution in [-0.4, -0.2) is 23.0 Å². The lowest BCUT2D eigenvalue weighted by Gasteiger charge is -2.31. The van der Waals surface area contributed by atoms with Gasteiger partial charge < -0.3 is 9.84 Å². The molecule has 0 heterocycles. The molecule has 10 heteroatoms. The van der Waals surface area contributed by atoms with E-state index in [1.165, 1.54) is 0 Å². The van der Waals surface area contributed by atoms with E-state index in [4.69, 9.17) is 10.00 Å². The predicted octanol–water partition coefficient (Wildman–Crippen LogP) is 3.95. The average molecular weight is 399 g/mol. The van der Waals surface area contributed by atoms with Crippen molar-refractivity contribution in [3.8, 4) is 17.6 Å². The molecule has 0 radical (unpaired) electrons. The van der Waals surface area contributed by atoms with E-state index in [2.05, 4.69) is 0 Å². The molecule has 0 amide bonds. The third-order valence-corrected chi connectivity index (χ3v) is 4.83. The average Bonchev–Trinajstić information content (AvgIpc) is 2.90. The second-order valence-electron chi connectivity index (χ2n) is 6.39. The summed E-state index contributed by atoms with van der Waals surface area (Å²) in [6.45, 7) is 0. The summed E-state index contributed by atoms with van der Waals surface area (Å²) < 4.78 is 89.8. The smallest absolute Gasteiger partial charge is 0.350 e. The van der Waals surface area contributed by atoms with Crippen LogP contribution < -0.4 is 4.74 Å².